The molecule has 1 rings (SSSR count). The number of benzene rings is 1. The van der Waals surface area contributed by atoms with Gasteiger partial charge < -0.3 is 10.4 Å². The number of carboxylic acid groups (broad SMARTS) is 1. The molecule has 0 saturated heterocycles. The first-order valence-electron chi connectivity index (χ1n) is 6.73. The Hall–Kier alpha value is -2.44. The Kier molecular flexibility index (Phi) is 6.32. The number of carboxylic acids is 1. The molecule has 1 aromatic rings. The molecule has 2 N–H and O–H groups in total. The van der Waals surface area contributed by atoms with Crippen molar-refractivity contribution in [3.05, 3.63) is 33.9 Å². The summed E-state index contributed by atoms with van der Waals surface area (Å²) in [5.41, 5.74) is 0.975. The summed E-state index contributed by atoms with van der Waals surface area (Å²) in [6.45, 7) is 1.82. The lowest BCUT2D eigenvalue weighted by Crippen LogP contribution is -2.11. The molecule has 0 heterocycles. The van der Waals surface area contributed by atoms with E-state index >= 15 is 0 Å². The highest BCUT2D eigenvalue weighted by molar-refractivity contribution is 5.91. The molecular weight excluding hydrogens is 276 g/mol. The van der Waals surface area contributed by atoms with Crippen LogP contribution in [0.1, 0.15) is 38.2 Å². The number of hydrogen-bond donors (Lipinski definition) is 2. The summed E-state index contributed by atoms with van der Waals surface area (Å²) in [5, 5.41) is 22.0. The van der Waals surface area contributed by atoms with Crippen LogP contribution >= 0.6 is 0 Å². The first kappa shape index (κ1) is 16.6. The lowest BCUT2D eigenvalue weighted by molar-refractivity contribution is -0.385. The van der Waals surface area contributed by atoms with Gasteiger partial charge in [-0.15, -0.1) is 0 Å². The molecule has 0 unspecified atom stereocenters. The monoisotopic (exact) mass is 294 g/mol. The van der Waals surface area contributed by atoms with Gasteiger partial charge in [0.2, 0.25) is 5.91 Å². The van der Waals surface area contributed by atoms with Gasteiger partial charge in [-0.05, 0) is 25.3 Å². The Morgan fingerprint density at radius 1 is 1.29 bits per heavy atom. The molecule has 21 heavy (non-hydrogen) atoms. The van der Waals surface area contributed by atoms with Gasteiger partial charge in [0, 0.05) is 30.2 Å². The molecule has 0 bridgehead atoms. The van der Waals surface area contributed by atoms with Crippen LogP contribution in [0.2, 0.25) is 0 Å². The van der Waals surface area contributed by atoms with E-state index in [-0.39, 0.29) is 24.4 Å². The number of nitro groups is 1. The number of amides is 1. The number of unbranched alkanes of at least 4 members (excludes halogenated alkanes) is 1. The van der Waals surface area contributed by atoms with Crippen molar-refractivity contribution in [3.8, 4) is 0 Å². The van der Waals surface area contributed by atoms with Crippen LogP contribution in [0.4, 0.5) is 11.4 Å². The molecule has 0 aromatic heterocycles. The van der Waals surface area contributed by atoms with Gasteiger partial charge in [-0.2, -0.15) is 0 Å². The number of aliphatic carboxylic acids is 1. The van der Waals surface area contributed by atoms with Crippen molar-refractivity contribution in [2.45, 2.75) is 39.0 Å². The van der Waals surface area contributed by atoms with E-state index in [1.165, 1.54) is 6.07 Å². The quantitative estimate of drug-likeness (QED) is 0.435. The number of rotatable bonds is 8. The van der Waals surface area contributed by atoms with Gasteiger partial charge in [0.15, 0.2) is 0 Å². The Balaban J connectivity index is 2.58. The number of anilines is 1. The third kappa shape index (κ3) is 5.60. The highest BCUT2D eigenvalue weighted by atomic mass is 16.6. The van der Waals surface area contributed by atoms with Crippen LogP contribution in [-0.4, -0.2) is 21.9 Å². The Labute approximate surface area is 122 Å². The van der Waals surface area contributed by atoms with Crippen LogP contribution in [0.5, 0.6) is 0 Å². The molecule has 7 nitrogen and oxygen atoms in total. The normalized spacial score (nSPS) is 10.1. The summed E-state index contributed by atoms with van der Waals surface area (Å²) < 4.78 is 0. The second-order valence-corrected chi connectivity index (χ2v) is 4.60. The average Bonchev–Trinajstić information content (AvgIpc) is 2.43. The Morgan fingerprint density at radius 2 is 1.95 bits per heavy atom. The van der Waals surface area contributed by atoms with E-state index in [9.17, 15) is 19.7 Å². The van der Waals surface area contributed by atoms with Crippen LogP contribution in [0.3, 0.4) is 0 Å². The van der Waals surface area contributed by atoms with Crippen molar-refractivity contribution in [1.82, 2.24) is 0 Å². The average molecular weight is 294 g/mol. The smallest absolute Gasteiger partial charge is 0.303 e. The third-order valence-corrected chi connectivity index (χ3v) is 2.99. The maximum Gasteiger partial charge on any atom is 0.303 e. The Morgan fingerprint density at radius 3 is 2.52 bits per heavy atom. The molecule has 0 aliphatic rings. The summed E-state index contributed by atoms with van der Waals surface area (Å²) in [5.74, 6) is -1.17. The number of hydrogen-bond acceptors (Lipinski definition) is 4. The molecular formula is C14H18N2O5. The van der Waals surface area contributed by atoms with Gasteiger partial charge in [0.25, 0.3) is 5.69 Å². The zero-order valence-electron chi connectivity index (χ0n) is 11.8. The summed E-state index contributed by atoms with van der Waals surface area (Å²) in [4.78, 5) is 32.5. The van der Waals surface area contributed by atoms with E-state index in [1.54, 1.807) is 12.1 Å². The van der Waals surface area contributed by atoms with E-state index < -0.39 is 10.9 Å². The van der Waals surface area contributed by atoms with Crippen LogP contribution in [0.15, 0.2) is 18.2 Å². The van der Waals surface area contributed by atoms with E-state index in [4.69, 9.17) is 5.11 Å². The highest BCUT2D eigenvalue weighted by Gasteiger charge is 2.14. The van der Waals surface area contributed by atoms with Gasteiger partial charge in [-0.3, -0.25) is 19.7 Å². The van der Waals surface area contributed by atoms with E-state index in [1.807, 2.05) is 6.92 Å². The number of aryl methyl sites for hydroxylation is 1. The molecule has 0 fully saturated rings. The lowest BCUT2D eigenvalue weighted by Gasteiger charge is -2.06. The van der Waals surface area contributed by atoms with E-state index in [2.05, 4.69) is 5.32 Å². The van der Waals surface area contributed by atoms with Crippen molar-refractivity contribution >= 4 is 23.3 Å². The number of nitrogens with one attached hydrogen (secondary N) is 1. The SMILES string of the molecule is CCc1ccc(NC(=O)CCCCC(=O)O)cc1[N+](=O)[O-]. The third-order valence-electron chi connectivity index (χ3n) is 2.99. The van der Waals surface area contributed by atoms with Gasteiger partial charge in [-0.25, -0.2) is 0 Å². The first-order chi connectivity index (χ1) is 9.93. The summed E-state index contributed by atoms with van der Waals surface area (Å²) >= 11 is 0. The lowest BCUT2D eigenvalue weighted by atomic mass is 10.1. The summed E-state index contributed by atoms with van der Waals surface area (Å²) in [7, 11) is 0. The second-order valence-electron chi connectivity index (χ2n) is 4.60. The maximum absolute atomic E-state index is 11.7. The first-order valence-corrected chi connectivity index (χ1v) is 6.73. The molecule has 0 aliphatic carbocycles. The van der Waals surface area contributed by atoms with Crippen LogP contribution < -0.4 is 5.32 Å². The van der Waals surface area contributed by atoms with E-state index in [0.29, 0.717) is 30.5 Å². The van der Waals surface area contributed by atoms with Gasteiger partial charge in [0.05, 0.1) is 4.92 Å². The fraction of sp³-hybridized carbons (Fsp3) is 0.429. The molecule has 0 aliphatic heterocycles. The molecule has 0 radical (unpaired) electrons. The van der Waals surface area contributed by atoms with Crippen LogP contribution in [0, 0.1) is 10.1 Å². The van der Waals surface area contributed by atoms with Crippen molar-refractivity contribution < 1.29 is 19.6 Å². The van der Waals surface area contributed by atoms with Gasteiger partial charge in [0.1, 0.15) is 0 Å². The standard InChI is InChI=1S/C14H18N2O5/c1-2-10-7-8-11(9-12(10)16(20)21)15-13(17)5-3-4-6-14(18)19/h7-9H,2-6H2,1H3,(H,15,17)(H,18,19). The van der Waals surface area contributed by atoms with Crippen LogP contribution in [-0.2, 0) is 16.0 Å². The zero-order valence-corrected chi connectivity index (χ0v) is 11.8. The number of carbonyl (C=O) groups excluding carboxylic acids is 1. The van der Waals surface area contributed by atoms with Gasteiger partial charge in [-0.1, -0.05) is 13.0 Å². The van der Waals surface area contributed by atoms with Crippen molar-refractivity contribution in [3.63, 3.8) is 0 Å². The minimum Gasteiger partial charge on any atom is -0.481 e. The maximum atomic E-state index is 11.7. The van der Waals surface area contributed by atoms with Crippen molar-refractivity contribution in [2.75, 3.05) is 5.32 Å². The minimum absolute atomic E-state index is 0.0128. The zero-order chi connectivity index (χ0) is 15.8. The molecule has 7 heteroatoms. The predicted molar refractivity (Wildman–Crippen MR) is 77.2 cm³/mol. The fourth-order valence-electron chi connectivity index (χ4n) is 1.90. The van der Waals surface area contributed by atoms with Crippen molar-refractivity contribution in [1.29, 1.82) is 0 Å². The minimum atomic E-state index is -0.888. The molecule has 0 saturated carbocycles. The largest absolute Gasteiger partial charge is 0.481 e. The van der Waals surface area contributed by atoms with Gasteiger partial charge >= 0.3 is 5.97 Å². The molecule has 114 valence electrons. The summed E-state index contributed by atoms with van der Waals surface area (Å²) in [6, 6.07) is 4.59. The predicted octanol–water partition coefficient (Wildman–Crippen LogP) is 2.74. The van der Waals surface area contributed by atoms with Crippen LogP contribution in [0.25, 0.3) is 0 Å². The molecule has 0 atom stereocenters. The molecule has 1 aromatic carbocycles. The number of nitro benzene ring substituents is 1. The Bertz CT molecular complexity index is 542. The van der Waals surface area contributed by atoms with Crippen molar-refractivity contribution in [2.24, 2.45) is 0 Å². The van der Waals surface area contributed by atoms with E-state index in [0.717, 1.165) is 0 Å². The second kappa shape index (κ2) is 7.98. The molecule has 0 spiro atoms. The fourth-order valence-corrected chi connectivity index (χ4v) is 1.90. The highest BCUT2D eigenvalue weighted by Crippen LogP contribution is 2.23. The summed E-state index contributed by atoms with van der Waals surface area (Å²) in [6.07, 6.45) is 1.66. The topological polar surface area (TPSA) is 110 Å². The number of carbonyl (C=O) groups is 2. The molecule has 1 amide bonds. The number of nitrogens with zero attached hydrogens (tertiary/aromatic N) is 1.